The number of pyridine rings is 1. The van der Waals surface area contributed by atoms with Gasteiger partial charge in [0.25, 0.3) is 0 Å². The number of imidazole rings is 1. The molecule has 1 fully saturated rings. The Labute approximate surface area is 153 Å². The van der Waals surface area contributed by atoms with Crippen molar-refractivity contribution in [2.75, 3.05) is 32.8 Å². The lowest BCUT2D eigenvalue weighted by Gasteiger charge is -2.26. The molecular formula is C21H23N3O2. The van der Waals surface area contributed by atoms with Crippen LogP contribution in [-0.4, -0.2) is 52.9 Å². The van der Waals surface area contributed by atoms with Gasteiger partial charge in [-0.15, -0.1) is 0 Å². The topological polar surface area (TPSA) is 46.8 Å². The molecule has 0 atom stereocenters. The van der Waals surface area contributed by atoms with Gasteiger partial charge in [-0.1, -0.05) is 30.3 Å². The Hall–Kier alpha value is -2.50. The number of carbonyl (C=O) groups excluding carboxylic acids is 1. The molecule has 0 spiro atoms. The van der Waals surface area contributed by atoms with E-state index in [1.54, 1.807) is 0 Å². The molecule has 5 nitrogen and oxygen atoms in total. The van der Waals surface area contributed by atoms with Crippen LogP contribution in [0.3, 0.4) is 0 Å². The van der Waals surface area contributed by atoms with Crippen LogP contribution in [0, 0.1) is 6.92 Å². The molecule has 5 heteroatoms. The Kier molecular flexibility index (Phi) is 4.82. The quantitative estimate of drug-likeness (QED) is 0.665. The molecule has 0 radical (unpaired) electrons. The second-order valence-corrected chi connectivity index (χ2v) is 6.68. The number of morpholine rings is 1. The molecule has 0 aliphatic carbocycles. The zero-order valence-electron chi connectivity index (χ0n) is 15.0. The summed E-state index contributed by atoms with van der Waals surface area (Å²) in [7, 11) is 0. The predicted molar refractivity (Wildman–Crippen MR) is 101 cm³/mol. The normalized spacial score (nSPS) is 15.4. The Balaban J connectivity index is 1.65. The van der Waals surface area contributed by atoms with Gasteiger partial charge in [0.05, 0.1) is 18.7 Å². The number of benzene rings is 1. The lowest BCUT2D eigenvalue weighted by Crippen LogP contribution is -2.37. The van der Waals surface area contributed by atoms with Gasteiger partial charge >= 0.3 is 0 Å². The Morgan fingerprint density at radius 2 is 1.88 bits per heavy atom. The SMILES string of the molecule is Cc1ccccc1C(=O)c1nc(CCN2CCOCC2)n2ccccc12. The first kappa shape index (κ1) is 16.9. The Bertz CT molecular complexity index is 926. The number of carbonyl (C=O) groups is 1. The smallest absolute Gasteiger partial charge is 0.213 e. The van der Waals surface area contributed by atoms with Gasteiger partial charge in [-0.2, -0.15) is 0 Å². The number of ketones is 1. The Morgan fingerprint density at radius 3 is 2.69 bits per heavy atom. The van der Waals surface area contributed by atoms with Crippen LogP contribution >= 0.6 is 0 Å². The summed E-state index contributed by atoms with van der Waals surface area (Å²) >= 11 is 0. The molecule has 1 saturated heterocycles. The lowest BCUT2D eigenvalue weighted by atomic mass is 10.0. The van der Waals surface area contributed by atoms with Gasteiger partial charge in [0, 0.05) is 37.8 Å². The number of rotatable bonds is 5. The molecule has 0 unspecified atom stereocenters. The van der Waals surface area contributed by atoms with Crippen molar-refractivity contribution in [2.45, 2.75) is 13.3 Å². The molecule has 0 saturated carbocycles. The number of fused-ring (bicyclic) bond motifs is 1. The van der Waals surface area contributed by atoms with Gasteiger partial charge < -0.3 is 9.14 Å². The molecule has 0 bridgehead atoms. The second-order valence-electron chi connectivity index (χ2n) is 6.68. The fourth-order valence-corrected chi connectivity index (χ4v) is 3.48. The maximum atomic E-state index is 13.1. The predicted octanol–water partition coefficient (Wildman–Crippen LogP) is 2.75. The molecule has 1 aromatic carbocycles. The standard InChI is InChI=1S/C21H23N3O2/c1-16-6-2-3-7-17(16)21(25)20-18-8-4-5-10-24(18)19(22-20)9-11-23-12-14-26-15-13-23/h2-8,10H,9,11-15H2,1H3. The lowest BCUT2D eigenvalue weighted by molar-refractivity contribution is 0.0382. The van der Waals surface area contributed by atoms with Crippen LogP contribution in [-0.2, 0) is 11.2 Å². The molecule has 3 heterocycles. The highest BCUT2D eigenvalue weighted by molar-refractivity contribution is 6.12. The average molecular weight is 349 g/mol. The number of hydrogen-bond acceptors (Lipinski definition) is 4. The number of nitrogens with zero attached hydrogens (tertiary/aromatic N) is 3. The highest BCUT2D eigenvalue weighted by Crippen LogP contribution is 2.19. The third-order valence-corrected chi connectivity index (χ3v) is 4.98. The average Bonchev–Trinajstić information content (AvgIpc) is 3.06. The molecular weight excluding hydrogens is 326 g/mol. The number of hydrogen-bond donors (Lipinski definition) is 0. The van der Waals surface area contributed by atoms with Crippen LogP contribution in [0.5, 0.6) is 0 Å². The van der Waals surface area contributed by atoms with Crippen LogP contribution < -0.4 is 0 Å². The van der Waals surface area contributed by atoms with Crippen LogP contribution in [0.2, 0.25) is 0 Å². The van der Waals surface area contributed by atoms with Gasteiger partial charge in [0.1, 0.15) is 11.5 Å². The second kappa shape index (κ2) is 7.40. The fourth-order valence-electron chi connectivity index (χ4n) is 3.48. The molecule has 4 rings (SSSR count). The zero-order chi connectivity index (χ0) is 17.9. The first-order valence-electron chi connectivity index (χ1n) is 9.10. The summed E-state index contributed by atoms with van der Waals surface area (Å²) < 4.78 is 7.46. The van der Waals surface area contributed by atoms with Gasteiger partial charge in [0.2, 0.25) is 5.78 Å². The van der Waals surface area contributed by atoms with Crippen molar-refractivity contribution in [3.05, 3.63) is 71.3 Å². The first-order chi connectivity index (χ1) is 12.7. The summed E-state index contributed by atoms with van der Waals surface area (Å²) in [5, 5.41) is 0. The number of aryl methyl sites for hydroxylation is 1. The van der Waals surface area contributed by atoms with Gasteiger partial charge in [0.15, 0.2) is 0 Å². The summed E-state index contributed by atoms with van der Waals surface area (Å²) in [6, 6.07) is 13.6. The third-order valence-electron chi connectivity index (χ3n) is 4.98. The van der Waals surface area contributed by atoms with Gasteiger partial charge in [-0.3, -0.25) is 9.69 Å². The maximum absolute atomic E-state index is 13.1. The van der Waals surface area contributed by atoms with E-state index >= 15 is 0 Å². The highest BCUT2D eigenvalue weighted by atomic mass is 16.5. The molecule has 0 N–H and O–H groups in total. The van der Waals surface area contributed by atoms with Gasteiger partial charge in [-0.25, -0.2) is 4.98 Å². The van der Waals surface area contributed by atoms with E-state index < -0.39 is 0 Å². The van der Waals surface area contributed by atoms with E-state index in [1.807, 2.05) is 60.0 Å². The van der Waals surface area contributed by atoms with Crippen molar-refractivity contribution in [1.82, 2.24) is 14.3 Å². The minimum absolute atomic E-state index is 0.00979. The van der Waals surface area contributed by atoms with E-state index in [0.717, 1.165) is 61.7 Å². The van der Waals surface area contributed by atoms with Crippen molar-refractivity contribution in [3.8, 4) is 0 Å². The largest absolute Gasteiger partial charge is 0.379 e. The molecule has 0 amide bonds. The number of aromatic nitrogens is 2. The van der Waals surface area contributed by atoms with Gasteiger partial charge in [-0.05, 0) is 24.6 Å². The number of ether oxygens (including phenoxy) is 1. The molecule has 26 heavy (non-hydrogen) atoms. The first-order valence-corrected chi connectivity index (χ1v) is 9.10. The summed E-state index contributed by atoms with van der Waals surface area (Å²) in [6.07, 6.45) is 2.80. The Morgan fingerprint density at radius 1 is 1.12 bits per heavy atom. The molecule has 134 valence electrons. The van der Waals surface area contributed by atoms with Crippen LogP contribution in [0.15, 0.2) is 48.7 Å². The van der Waals surface area contributed by atoms with Crippen molar-refractivity contribution in [1.29, 1.82) is 0 Å². The molecule has 1 aliphatic heterocycles. The highest BCUT2D eigenvalue weighted by Gasteiger charge is 2.20. The van der Waals surface area contributed by atoms with Crippen LogP contribution in [0.4, 0.5) is 0 Å². The van der Waals surface area contributed by atoms with Crippen LogP contribution in [0.25, 0.3) is 5.52 Å². The van der Waals surface area contributed by atoms with Crippen molar-refractivity contribution < 1.29 is 9.53 Å². The van der Waals surface area contributed by atoms with Crippen molar-refractivity contribution >= 4 is 11.3 Å². The molecule has 2 aromatic heterocycles. The summed E-state index contributed by atoms with van der Waals surface area (Å²) in [5.41, 5.74) is 3.11. The summed E-state index contributed by atoms with van der Waals surface area (Å²) in [4.78, 5) is 20.2. The fraction of sp³-hybridized carbons (Fsp3) is 0.333. The van der Waals surface area contributed by atoms with E-state index in [1.165, 1.54) is 0 Å². The summed E-state index contributed by atoms with van der Waals surface area (Å²) in [5.74, 6) is 0.924. The van der Waals surface area contributed by atoms with E-state index in [2.05, 4.69) is 4.90 Å². The zero-order valence-corrected chi connectivity index (χ0v) is 15.0. The van der Waals surface area contributed by atoms with Crippen LogP contribution in [0.1, 0.15) is 27.4 Å². The van der Waals surface area contributed by atoms with Crippen molar-refractivity contribution in [2.24, 2.45) is 0 Å². The monoisotopic (exact) mass is 349 g/mol. The van der Waals surface area contributed by atoms with E-state index in [-0.39, 0.29) is 5.78 Å². The maximum Gasteiger partial charge on any atom is 0.213 e. The van der Waals surface area contributed by atoms with Crippen molar-refractivity contribution in [3.63, 3.8) is 0 Å². The third kappa shape index (κ3) is 3.28. The van der Waals surface area contributed by atoms with E-state index in [4.69, 9.17) is 9.72 Å². The summed E-state index contributed by atoms with van der Waals surface area (Å²) in [6.45, 7) is 6.38. The molecule has 3 aromatic rings. The van der Waals surface area contributed by atoms with E-state index in [0.29, 0.717) is 5.69 Å². The minimum atomic E-state index is -0.00979. The van der Waals surface area contributed by atoms with E-state index in [9.17, 15) is 4.79 Å². The minimum Gasteiger partial charge on any atom is -0.379 e. The molecule has 1 aliphatic rings.